The number of hydrogen-bond acceptors (Lipinski definition) is 7. The quantitative estimate of drug-likeness (QED) is 0.147. The molecule has 5 N–H and O–H groups in total. The highest BCUT2D eigenvalue weighted by molar-refractivity contribution is 6.08. The molecule has 0 saturated carbocycles. The standard InChI is InChI=1S/C27H29N7O3/c1-3-37-24(35)13-15-34(23-6-4-5-14-30-23)27(36)20-11-12-21-25(17(20)2)33-22(32-21)16-31-19-9-7-18(8-10-19)26(28)29/h4-12,14,31H,3,13,15-16H2,1-2H3,(H3,28,29)(H,32,33). The number of fused-ring (bicyclic) bond motifs is 1. The van der Waals surface area contributed by atoms with Crippen LogP contribution in [0.3, 0.4) is 0 Å². The minimum atomic E-state index is -0.371. The molecule has 37 heavy (non-hydrogen) atoms. The first-order chi connectivity index (χ1) is 17.9. The third-order valence-electron chi connectivity index (χ3n) is 5.86. The van der Waals surface area contributed by atoms with Crippen molar-refractivity contribution >= 4 is 40.3 Å². The summed E-state index contributed by atoms with van der Waals surface area (Å²) in [5.41, 5.74) is 9.75. The molecule has 10 heteroatoms. The largest absolute Gasteiger partial charge is 0.466 e. The van der Waals surface area contributed by atoms with Crippen LogP contribution in [-0.2, 0) is 16.1 Å². The van der Waals surface area contributed by atoms with Crippen LogP contribution in [0.1, 0.15) is 40.7 Å². The van der Waals surface area contributed by atoms with Gasteiger partial charge in [-0.25, -0.2) is 9.97 Å². The van der Waals surface area contributed by atoms with Crippen LogP contribution in [0.4, 0.5) is 11.5 Å². The fourth-order valence-electron chi connectivity index (χ4n) is 3.95. The third kappa shape index (κ3) is 5.92. The molecule has 0 aliphatic rings. The average molecular weight is 500 g/mol. The Morgan fingerprint density at radius 3 is 2.59 bits per heavy atom. The number of nitrogens with one attached hydrogen (secondary N) is 3. The van der Waals surface area contributed by atoms with Crippen molar-refractivity contribution in [1.29, 1.82) is 5.41 Å². The summed E-state index contributed by atoms with van der Waals surface area (Å²) >= 11 is 0. The van der Waals surface area contributed by atoms with E-state index in [-0.39, 0.29) is 37.3 Å². The Hall–Kier alpha value is -4.73. The number of ether oxygens (including phenoxy) is 1. The average Bonchev–Trinajstić information content (AvgIpc) is 3.33. The number of anilines is 2. The van der Waals surface area contributed by atoms with Gasteiger partial charge in [0.05, 0.1) is 30.6 Å². The smallest absolute Gasteiger partial charge is 0.307 e. The van der Waals surface area contributed by atoms with Crippen molar-refractivity contribution in [3.05, 3.63) is 83.3 Å². The number of nitrogens with zero attached hydrogens (tertiary/aromatic N) is 3. The molecule has 0 saturated heterocycles. The Morgan fingerprint density at radius 2 is 1.92 bits per heavy atom. The van der Waals surface area contributed by atoms with Crippen molar-refractivity contribution in [2.24, 2.45) is 5.73 Å². The molecule has 0 bridgehead atoms. The lowest BCUT2D eigenvalue weighted by atomic mass is 10.1. The maximum atomic E-state index is 13.6. The Balaban J connectivity index is 1.55. The molecule has 0 aliphatic heterocycles. The first kappa shape index (κ1) is 25.4. The van der Waals surface area contributed by atoms with Crippen molar-refractivity contribution in [3.8, 4) is 0 Å². The summed E-state index contributed by atoms with van der Waals surface area (Å²) in [6, 6.07) is 16.1. The fraction of sp³-hybridized carbons (Fsp3) is 0.222. The highest BCUT2D eigenvalue weighted by atomic mass is 16.5. The summed E-state index contributed by atoms with van der Waals surface area (Å²) in [7, 11) is 0. The predicted octanol–water partition coefficient (Wildman–Crippen LogP) is 3.76. The molecule has 0 atom stereocenters. The van der Waals surface area contributed by atoms with Crippen LogP contribution in [-0.4, -0.2) is 45.8 Å². The number of nitrogens with two attached hydrogens (primary N) is 1. The molecule has 1 amide bonds. The van der Waals surface area contributed by atoms with Gasteiger partial charge in [-0.2, -0.15) is 0 Å². The van der Waals surface area contributed by atoms with Gasteiger partial charge in [0.1, 0.15) is 17.5 Å². The molecule has 0 aliphatic carbocycles. The first-order valence-corrected chi connectivity index (χ1v) is 11.9. The number of hydrogen-bond donors (Lipinski definition) is 4. The number of benzene rings is 2. The number of esters is 1. The summed E-state index contributed by atoms with van der Waals surface area (Å²) in [5.74, 6) is 0.549. The molecule has 2 heterocycles. The second kappa shape index (κ2) is 11.3. The lowest BCUT2D eigenvalue weighted by Crippen LogP contribution is -2.34. The Kier molecular flexibility index (Phi) is 7.77. The number of nitrogen functional groups attached to an aromatic ring is 1. The third-order valence-corrected chi connectivity index (χ3v) is 5.86. The van der Waals surface area contributed by atoms with Crippen molar-refractivity contribution in [2.45, 2.75) is 26.8 Å². The first-order valence-electron chi connectivity index (χ1n) is 11.9. The van der Waals surface area contributed by atoms with Crippen LogP contribution in [0, 0.1) is 12.3 Å². The number of pyridine rings is 1. The van der Waals surface area contributed by atoms with E-state index in [0.717, 1.165) is 16.8 Å². The molecule has 4 rings (SSSR count). The summed E-state index contributed by atoms with van der Waals surface area (Å²) in [6.07, 6.45) is 1.67. The normalized spacial score (nSPS) is 10.8. The van der Waals surface area contributed by atoms with E-state index in [0.29, 0.717) is 34.8 Å². The minimum absolute atomic E-state index is 0.0205. The number of aromatic amines is 1. The van der Waals surface area contributed by atoms with E-state index in [2.05, 4.69) is 15.3 Å². The van der Waals surface area contributed by atoms with Gasteiger partial charge in [-0.15, -0.1) is 0 Å². The van der Waals surface area contributed by atoms with E-state index in [1.165, 1.54) is 4.90 Å². The summed E-state index contributed by atoms with van der Waals surface area (Å²) in [5, 5.41) is 10.8. The van der Waals surface area contributed by atoms with Gasteiger partial charge in [0.15, 0.2) is 0 Å². The van der Waals surface area contributed by atoms with Crippen molar-refractivity contribution < 1.29 is 14.3 Å². The monoisotopic (exact) mass is 499 g/mol. The molecular formula is C27H29N7O3. The van der Waals surface area contributed by atoms with Gasteiger partial charge in [0.25, 0.3) is 5.91 Å². The van der Waals surface area contributed by atoms with Gasteiger partial charge in [-0.05, 0) is 67.9 Å². The highest BCUT2D eigenvalue weighted by Gasteiger charge is 2.23. The van der Waals surface area contributed by atoms with Crippen LogP contribution in [0.25, 0.3) is 11.0 Å². The number of amidine groups is 1. The van der Waals surface area contributed by atoms with Crippen LogP contribution >= 0.6 is 0 Å². The van der Waals surface area contributed by atoms with Crippen molar-refractivity contribution in [1.82, 2.24) is 15.0 Å². The molecular weight excluding hydrogens is 470 g/mol. The van der Waals surface area contributed by atoms with Gasteiger partial charge in [-0.1, -0.05) is 6.07 Å². The maximum absolute atomic E-state index is 13.6. The highest BCUT2D eigenvalue weighted by Crippen LogP contribution is 2.24. The Bertz CT molecular complexity index is 1420. The van der Waals surface area contributed by atoms with Gasteiger partial charge in [0, 0.05) is 29.6 Å². The molecule has 0 spiro atoms. The summed E-state index contributed by atoms with van der Waals surface area (Å²) in [6.45, 7) is 4.47. The molecule has 0 unspecified atom stereocenters. The van der Waals surface area contributed by atoms with Crippen LogP contribution in [0.5, 0.6) is 0 Å². The van der Waals surface area contributed by atoms with E-state index in [9.17, 15) is 9.59 Å². The number of amides is 1. The zero-order valence-corrected chi connectivity index (χ0v) is 20.7. The van der Waals surface area contributed by atoms with E-state index >= 15 is 0 Å². The summed E-state index contributed by atoms with van der Waals surface area (Å²) in [4.78, 5) is 39.4. The number of carbonyl (C=O) groups excluding carboxylic acids is 2. The van der Waals surface area contributed by atoms with Crippen molar-refractivity contribution in [3.63, 3.8) is 0 Å². The van der Waals surface area contributed by atoms with Gasteiger partial charge in [-0.3, -0.25) is 19.9 Å². The van der Waals surface area contributed by atoms with Gasteiger partial charge >= 0.3 is 5.97 Å². The van der Waals surface area contributed by atoms with Crippen LogP contribution in [0.15, 0.2) is 60.8 Å². The molecule has 2 aromatic heterocycles. The van der Waals surface area contributed by atoms with E-state index in [1.807, 2.05) is 25.1 Å². The molecule has 0 fully saturated rings. The predicted molar refractivity (Wildman–Crippen MR) is 143 cm³/mol. The fourth-order valence-corrected chi connectivity index (χ4v) is 3.95. The Labute approximate surface area is 214 Å². The van der Waals surface area contributed by atoms with Crippen molar-refractivity contribution in [2.75, 3.05) is 23.4 Å². The number of rotatable bonds is 10. The zero-order valence-electron chi connectivity index (χ0n) is 20.7. The van der Waals surface area contributed by atoms with E-state index < -0.39 is 0 Å². The number of H-pyrrole nitrogens is 1. The topological polar surface area (TPSA) is 150 Å². The lowest BCUT2D eigenvalue weighted by molar-refractivity contribution is -0.142. The SMILES string of the molecule is CCOC(=O)CCN(C(=O)c1ccc2[nH]c(CNc3ccc(C(=N)N)cc3)nc2c1C)c1ccccn1. The minimum Gasteiger partial charge on any atom is -0.466 e. The van der Waals surface area contributed by atoms with Crippen LogP contribution in [0.2, 0.25) is 0 Å². The molecule has 4 aromatic rings. The maximum Gasteiger partial charge on any atom is 0.307 e. The lowest BCUT2D eigenvalue weighted by Gasteiger charge is -2.22. The number of aryl methyl sites for hydroxylation is 1. The second-order valence-corrected chi connectivity index (χ2v) is 8.36. The Morgan fingerprint density at radius 1 is 1.14 bits per heavy atom. The number of aromatic nitrogens is 3. The zero-order chi connectivity index (χ0) is 26.4. The summed E-state index contributed by atoms with van der Waals surface area (Å²) < 4.78 is 5.04. The van der Waals surface area contributed by atoms with E-state index in [1.54, 1.807) is 49.5 Å². The van der Waals surface area contributed by atoms with Gasteiger partial charge in [0.2, 0.25) is 0 Å². The molecule has 2 aromatic carbocycles. The molecule has 0 radical (unpaired) electrons. The number of imidazole rings is 1. The van der Waals surface area contributed by atoms with E-state index in [4.69, 9.17) is 20.9 Å². The van der Waals surface area contributed by atoms with Crippen LogP contribution < -0.4 is 16.0 Å². The second-order valence-electron chi connectivity index (χ2n) is 8.36. The van der Waals surface area contributed by atoms with Gasteiger partial charge < -0.3 is 20.8 Å². The molecule has 10 nitrogen and oxygen atoms in total. The molecule has 190 valence electrons. The number of carbonyl (C=O) groups is 2.